The molecule has 6 nitrogen and oxygen atoms in total. The highest BCUT2D eigenvalue weighted by molar-refractivity contribution is 6.49. The van der Waals surface area contributed by atoms with Crippen molar-refractivity contribution in [1.29, 1.82) is 0 Å². The van der Waals surface area contributed by atoms with Crippen molar-refractivity contribution in [3.8, 4) is 0 Å². The summed E-state index contributed by atoms with van der Waals surface area (Å²) in [5.41, 5.74) is 6.78. The van der Waals surface area contributed by atoms with Gasteiger partial charge < -0.3 is 15.8 Å². The quantitative estimate of drug-likeness (QED) is 0.624. The van der Waals surface area contributed by atoms with E-state index in [0.29, 0.717) is 11.1 Å². The first kappa shape index (κ1) is 11.3. The summed E-state index contributed by atoms with van der Waals surface area (Å²) in [6, 6.07) is -1.03. The molecule has 4 N–H and O–H groups in total. The Morgan fingerprint density at radius 1 is 1.41 bits per heavy atom. The van der Waals surface area contributed by atoms with Crippen molar-refractivity contribution in [2.24, 2.45) is 5.73 Å². The van der Waals surface area contributed by atoms with Gasteiger partial charge in [0.1, 0.15) is 6.04 Å². The van der Waals surface area contributed by atoms with Crippen LogP contribution in [0.4, 0.5) is 0 Å². The molecule has 0 bridgehead atoms. The molecule has 0 saturated heterocycles. The van der Waals surface area contributed by atoms with E-state index in [-0.39, 0.29) is 12.1 Å². The van der Waals surface area contributed by atoms with E-state index in [2.05, 4.69) is 4.98 Å². The lowest BCUT2D eigenvalue weighted by atomic mass is 9.97. The van der Waals surface area contributed by atoms with Crippen molar-refractivity contribution in [3.05, 3.63) is 29.1 Å². The number of aromatic nitrogens is 1. The van der Waals surface area contributed by atoms with Gasteiger partial charge in [-0.3, -0.25) is 14.4 Å². The molecule has 1 atom stereocenters. The molecular weight excluding hydrogens is 224 g/mol. The molecule has 0 saturated carbocycles. The minimum absolute atomic E-state index is 0.104. The number of Topliss-reactive ketones (excluding diaryl/α,β-unsaturated/α-hetero) is 1. The average Bonchev–Trinajstić information content (AvgIpc) is 2.67. The van der Waals surface area contributed by atoms with Crippen molar-refractivity contribution in [2.75, 3.05) is 0 Å². The van der Waals surface area contributed by atoms with Gasteiger partial charge in [-0.1, -0.05) is 0 Å². The first-order chi connectivity index (χ1) is 8.00. The smallest absolute Gasteiger partial charge is 0.320 e. The zero-order chi connectivity index (χ0) is 12.6. The molecule has 1 aliphatic carbocycles. The molecule has 1 heterocycles. The Morgan fingerprint density at radius 2 is 2.12 bits per heavy atom. The van der Waals surface area contributed by atoms with E-state index in [1.54, 1.807) is 0 Å². The maximum absolute atomic E-state index is 11.5. The normalized spacial score (nSPS) is 15.8. The van der Waals surface area contributed by atoms with Crippen LogP contribution < -0.4 is 5.73 Å². The SMILES string of the molecule is NC(Cc1c[nH]c2c1C=CC(=O)C2=O)C(=O)O. The summed E-state index contributed by atoms with van der Waals surface area (Å²) in [6.07, 6.45) is 4.29. The van der Waals surface area contributed by atoms with Crippen LogP contribution >= 0.6 is 0 Å². The monoisotopic (exact) mass is 234 g/mol. The molecule has 0 amide bonds. The molecule has 0 fully saturated rings. The van der Waals surface area contributed by atoms with Gasteiger partial charge in [0, 0.05) is 18.2 Å². The highest BCUT2D eigenvalue weighted by Crippen LogP contribution is 2.21. The van der Waals surface area contributed by atoms with E-state index >= 15 is 0 Å². The molecule has 1 unspecified atom stereocenters. The van der Waals surface area contributed by atoms with Crippen LogP contribution in [0.2, 0.25) is 0 Å². The van der Waals surface area contributed by atoms with Crippen LogP contribution in [0, 0.1) is 0 Å². The molecule has 0 aromatic carbocycles. The Labute approximate surface area is 96.1 Å². The zero-order valence-electron chi connectivity index (χ0n) is 8.77. The molecule has 88 valence electrons. The maximum Gasteiger partial charge on any atom is 0.320 e. The van der Waals surface area contributed by atoms with Crippen LogP contribution in [0.5, 0.6) is 0 Å². The minimum Gasteiger partial charge on any atom is -0.480 e. The van der Waals surface area contributed by atoms with Gasteiger partial charge in [0.25, 0.3) is 0 Å². The third-order valence-corrected chi connectivity index (χ3v) is 2.62. The number of carboxylic acid groups (broad SMARTS) is 1. The van der Waals surface area contributed by atoms with Gasteiger partial charge in [-0.05, 0) is 17.7 Å². The summed E-state index contributed by atoms with van der Waals surface area (Å²) in [5.74, 6) is -2.31. The molecule has 0 spiro atoms. The minimum atomic E-state index is -1.11. The van der Waals surface area contributed by atoms with Crippen LogP contribution in [-0.2, 0) is 16.0 Å². The van der Waals surface area contributed by atoms with E-state index in [0.717, 1.165) is 0 Å². The van der Waals surface area contributed by atoms with Gasteiger partial charge in [-0.2, -0.15) is 0 Å². The van der Waals surface area contributed by atoms with Crippen LogP contribution in [0.15, 0.2) is 12.3 Å². The lowest BCUT2D eigenvalue weighted by Crippen LogP contribution is -2.32. The van der Waals surface area contributed by atoms with E-state index in [1.807, 2.05) is 0 Å². The molecule has 0 aliphatic heterocycles. The van der Waals surface area contributed by atoms with Gasteiger partial charge in [0.05, 0.1) is 5.69 Å². The molecular formula is C11H10N2O4. The summed E-state index contributed by atoms with van der Waals surface area (Å²) in [6.45, 7) is 0. The first-order valence-corrected chi connectivity index (χ1v) is 4.96. The predicted molar refractivity (Wildman–Crippen MR) is 58.5 cm³/mol. The van der Waals surface area contributed by atoms with Crippen LogP contribution in [0.3, 0.4) is 0 Å². The van der Waals surface area contributed by atoms with Crippen molar-refractivity contribution in [1.82, 2.24) is 4.98 Å². The number of hydrogen-bond donors (Lipinski definition) is 3. The maximum atomic E-state index is 11.5. The van der Waals surface area contributed by atoms with Crippen molar-refractivity contribution in [2.45, 2.75) is 12.5 Å². The third kappa shape index (κ3) is 1.90. The Bertz CT molecular complexity index is 542. The number of nitrogens with two attached hydrogens (primary N) is 1. The Kier molecular flexibility index (Phi) is 2.64. The zero-order valence-corrected chi connectivity index (χ0v) is 8.77. The second kappa shape index (κ2) is 3.99. The molecule has 1 aliphatic rings. The number of aliphatic carboxylic acids is 1. The van der Waals surface area contributed by atoms with E-state index in [1.165, 1.54) is 18.3 Å². The summed E-state index contributed by atoms with van der Waals surface area (Å²) in [4.78, 5) is 35.9. The predicted octanol–water partition coefficient (Wildman–Crippen LogP) is -0.252. The molecule has 2 rings (SSSR count). The molecule has 17 heavy (non-hydrogen) atoms. The summed E-state index contributed by atoms with van der Waals surface area (Å²) in [5, 5.41) is 8.70. The fourth-order valence-corrected chi connectivity index (χ4v) is 1.70. The highest BCUT2D eigenvalue weighted by atomic mass is 16.4. The van der Waals surface area contributed by atoms with Crippen LogP contribution in [-0.4, -0.2) is 33.7 Å². The Hall–Kier alpha value is -2.21. The van der Waals surface area contributed by atoms with Crippen molar-refractivity contribution < 1.29 is 19.5 Å². The lowest BCUT2D eigenvalue weighted by Gasteiger charge is -2.08. The second-order valence-electron chi connectivity index (χ2n) is 3.78. The second-order valence-corrected chi connectivity index (χ2v) is 3.78. The summed E-state index contributed by atoms with van der Waals surface area (Å²) in [7, 11) is 0. The lowest BCUT2D eigenvalue weighted by molar-refractivity contribution is -0.138. The molecule has 6 heteroatoms. The number of H-pyrrole nitrogens is 1. The van der Waals surface area contributed by atoms with E-state index < -0.39 is 23.6 Å². The number of ketones is 2. The number of fused-ring (bicyclic) bond motifs is 1. The number of carbonyl (C=O) groups is 3. The largest absolute Gasteiger partial charge is 0.480 e. The topological polar surface area (TPSA) is 113 Å². The molecule has 0 radical (unpaired) electrons. The van der Waals surface area contributed by atoms with Gasteiger partial charge >= 0.3 is 5.97 Å². The summed E-state index contributed by atoms with van der Waals surface area (Å²) >= 11 is 0. The highest BCUT2D eigenvalue weighted by Gasteiger charge is 2.25. The summed E-state index contributed by atoms with van der Waals surface area (Å²) < 4.78 is 0. The molecule has 1 aromatic heterocycles. The van der Waals surface area contributed by atoms with Gasteiger partial charge in [-0.15, -0.1) is 0 Å². The standard InChI is InChI=1S/C11H10N2O4/c12-7(11(16)17)3-5-4-13-9-6(5)1-2-8(14)10(9)15/h1-2,4,7,13H,3,12H2,(H,16,17). The van der Waals surface area contributed by atoms with Crippen molar-refractivity contribution in [3.63, 3.8) is 0 Å². The average molecular weight is 234 g/mol. The van der Waals surface area contributed by atoms with Gasteiger partial charge in [0.2, 0.25) is 11.6 Å². The molecule has 1 aromatic rings. The fraction of sp³-hybridized carbons (Fsp3) is 0.182. The van der Waals surface area contributed by atoms with Crippen LogP contribution in [0.1, 0.15) is 21.6 Å². The van der Waals surface area contributed by atoms with E-state index in [9.17, 15) is 14.4 Å². The van der Waals surface area contributed by atoms with Crippen molar-refractivity contribution >= 4 is 23.6 Å². The van der Waals surface area contributed by atoms with Gasteiger partial charge in [0.15, 0.2) is 0 Å². The Balaban J connectivity index is 2.33. The fourth-order valence-electron chi connectivity index (χ4n) is 1.70. The van der Waals surface area contributed by atoms with Gasteiger partial charge in [-0.25, -0.2) is 0 Å². The first-order valence-electron chi connectivity index (χ1n) is 4.96. The number of allylic oxidation sites excluding steroid dienone is 1. The number of rotatable bonds is 3. The number of hydrogen-bond acceptors (Lipinski definition) is 4. The number of aromatic amines is 1. The third-order valence-electron chi connectivity index (χ3n) is 2.62. The number of nitrogens with one attached hydrogen (secondary N) is 1. The number of carboxylic acids is 1. The Morgan fingerprint density at radius 3 is 2.76 bits per heavy atom. The van der Waals surface area contributed by atoms with E-state index in [4.69, 9.17) is 10.8 Å². The van der Waals surface area contributed by atoms with Crippen LogP contribution in [0.25, 0.3) is 6.08 Å². The number of carbonyl (C=O) groups excluding carboxylic acids is 2.